The molecule has 3 rings (SSSR count). The minimum Gasteiger partial charge on any atom is -0.325 e. The van der Waals surface area contributed by atoms with Crippen LogP contribution in [0.2, 0.25) is 5.02 Å². The molecular weight excluding hydrogens is 314 g/mol. The lowest BCUT2D eigenvalue weighted by atomic mass is 10.1. The summed E-state index contributed by atoms with van der Waals surface area (Å²) in [5.41, 5.74) is 1.18. The van der Waals surface area contributed by atoms with E-state index in [1.807, 2.05) is 0 Å². The Hall–Kier alpha value is -1.59. The molecule has 0 bridgehead atoms. The molecule has 23 heavy (non-hydrogen) atoms. The number of nitrogens with zero attached hydrogens (tertiary/aromatic N) is 1. The van der Waals surface area contributed by atoms with Crippen LogP contribution in [0.25, 0.3) is 0 Å². The molecule has 5 nitrogen and oxygen atoms in total. The molecule has 2 N–H and O–H groups in total. The fourth-order valence-electron chi connectivity index (χ4n) is 3.21. The number of nitrogens with one attached hydrogen (secondary N) is 2. The SMILES string of the molecule is CC(=O)Nc1cc(NC(=O)C(C2CC2)N2CCCC2)ccc1Cl. The maximum absolute atomic E-state index is 12.7. The van der Waals surface area contributed by atoms with Crippen molar-refractivity contribution < 1.29 is 9.59 Å². The summed E-state index contributed by atoms with van der Waals surface area (Å²) < 4.78 is 0. The molecule has 1 aromatic rings. The van der Waals surface area contributed by atoms with Gasteiger partial charge in [0.25, 0.3) is 0 Å². The number of carbonyl (C=O) groups excluding carboxylic acids is 2. The molecule has 6 heteroatoms. The number of hydrogen-bond acceptors (Lipinski definition) is 3. The normalized spacial score (nSPS) is 19.4. The Morgan fingerprint density at radius 2 is 1.91 bits per heavy atom. The van der Waals surface area contributed by atoms with Gasteiger partial charge >= 0.3 is 0 Å². The summed E-state index contributed by atoms with van der Waals surface area (Å²) in [6, 6.07) is 5.12. The molecule has 2 amide bonds. The van der Waals surface area contributed by atoms with Gasteiger partial charge in [0, 0.05) is 12.6 Å². The Bertz CT molecular complexity index is 610. The smallest absolute Gasteiger partial charge is 0.242 e. The molecule has 0 aromatic heterocycles. The highest BCUT2D eigenvalue weighted by atomic mass is 35.5. The van der Waals surface area contributed by atoms with E-state index in [1.54, 1.807) is 18.2 Å². The highest BCUT2D eigenvalue weighted by Crippen LogP contribution is 2.37. The highest BCUT2D eigenvalue weighted by Gasteiger charge is 2.40. The minimum absolute atomic E-state index is 0.0302. The Balaban J connectivity index is 1.72. The van der Waals surface area contributed by atoms with Crippen molar-refractivity contribution >= 4 is 34.8 Å². The molecule has 0 spiro atoms. The molecular formula is C17H22ClN3O2. The van der Waals surface area contributed by atoms with Crippen LogP contribution in [-0.4, -0.2) is 35.8 Å². The van der Waals surface area contributed by atoms with Crippen molar-refractivity contribution in [1.29, 1.82) is 0 Å². The molecule has 1 unspecified atom stereocenters. The van der Waals surface area contributed by atoms with Crippen molar-refractivity contribution in [2.45, 2.75) is 38.6 Å². The molecule has 2 fully saturated rings. The maximum Gasteiger partial charge on any atom is 0.242 e. The monoisotopic (exact) mass is 335 g/mol. The number of likely N-dealkylation sites (tertiary alicyclic amines) is 1. The lowest BCUT2D eigenvalue weighted by molar-refractivity contribution is -0.121. The average Bonchev–Trinajstić information content (AvgIpc) is 3.16. The van der Waals surface area contributed by atoms with Crippen molar-refractivity contribution in [3.05, 3.63) is 23.2 Å². The summed E-state index contributed by atoms with van der Waals surface area (Å²) in [5.74, 6) is 0.337. The Labute approximate surface area is 141 Å². The minimum atomic E-state index is -0.191. The molecule has 1 aliphatic heterocycles. The third kappa shape index (κ3) is 4.03. The number of carbonyl (C=O) groups is 2. The first-order valence-corrected chi connectivity index (χ1v) is 8.54. The molecule has 124 valence electrons. The molecule has 1 heterocycles. The van der Waals surface area contributed by atoms with Crippen LogP contribution < -0.4 is 10.6 Å². The molecule has 1 atom stereocenters. The third-order valence-corrected chi connectivity index (χ3v) is 4.75. The van der Waals surface area contributed by atoms with Crippen molar-refractivity contribution in [3.8, 4) is 0 Å². The van der Waals surface area contributed by atoms with Crippen molar-refractivity contribution in [2.24, 2.45) is 5.92 Å². The largest absolute Gasteiger partial charge is 0.325 e. The fourth-order valence-corrected chi connectivity index (χ4v) is 3.38. The zero-order valence-corrected chi connectivity index (χ0v) is 14.0. The van der Waals surface area contributed by atoms with E-state index in [0.717, 1.165) is 25.9 Å². The predicted molar refractivity (Wildman–Crippen MR) is 91.7 cm³/mol. The number of rotatable bonds is 5. The Morgan fingerprint density at radius 1 is 1.22 bits per heavy atom. The van der Waals surface area contributed by atoms with Crippen LogP contribution in [0.5, 0.6) is 0 Å². The van der Waals surface area contributed by atoms with E-state index < -0.39 is 0 Å². The standard InChI is InChI=1S/C17H22ClN3O2/c1-11(22)19-15-10-13(6-7-14(15)18)20-17(23)16(12-4-5-12)21-8-2-3-9-21/h6-7,10,12,16H,2-5,8-9H2,1H3,(H,19,22)(H,20,23). The molecule has 2 aliphatic rings. The number of halogens is 1. The van der Waals surface area contributed by atoms with Crippen LogP contribution in [0.4, 0.5) is 11.4 Å². The van der Waals surface area contributed by atoms with Gasteiger partial charge in [-0.25, -0.2) is 0 Å². The Kier molecular flexibility index (Phi) is 4.87. The lowest BCUT2D eigenvalue weighted by Gasteiger charge is -2.26. The van der Waals surface area contributed by atoms with E-state index in [0.29, 0.717) is 22.3 Å². The molecule has 1 aromatic carbocycles. The number of amides is 2. The summed E-state index contributed by atoms with van der Waals surface area (Å²) in [6.07, 6.45) is 4.60. The second-order valence-electron chi connectivity index (χ2n) is 6.39. The van der Waals surface area contributed by atoms with E-state index in [-0.39, 0.29) is 17.9 Å². The van der Waals surface area contributed by atoms with Crippen molar-refractivity contribution in [1.82, 2.24) is 4.90 Å². The topological polar surface area (TPSA) is 61.4 Å². The maximum atomic E-state index is 12.7. The van der Waals surface area contributed by atoms with Gasteiger partial charge in [-0.1, -0.05) is 11.6 Å². The van der Waals surface area contributed by atoms with Gasteiger partial charge < -0.3 is 10.6 Å². The number of hydrogen-bond donors (Lipinski definition) is 2. The summed E-state index contributed by atoms with van der Waals surface area (Å²) in [4.78, 5) is 26.2. The van der Waals surface area contributed by atoms with E-state index in [2.05, 4.69) is 15.5 Å². The highest BCUT2D eigenvalue weighted by molar-refractivity contribution is 6.33. The molecule has 1 saturated carbocycles. The van der Waals surface area contributed by atoms with Crippen molar-refractivity contribution in [3.63, 3.8) is 0 Å². The summed E-state index contributed by atoms with van der Waals surface area (Å²) in [7, 11) is 0. The second-order valence-corrected chi connectivity index (χ2v) is 6.80. The Morgan fingerprint density at radius 3 is 2.52 bits per heavy atom. The van der Waals surface area contributed by atoms with E-state index in [1.165, 1.54) is 19.8 Å². The van der Waals surface area contributed by atoms with Crippen LogP contribution in [0.1, 0.15) is 32.6 Å². The molecule has 0 radical (unpaired) electrons. The van der Waals surface area contributed by atoms with Gasteiger partial charge in [-0.15, -0.1) is 0 Å². The van der Waals surface area contributed by atoms with E-state index >= 15 is 0 Å². The van der Waals surface area contributed by atoms with E-state index in [9.17, 15) is 9.59 Å². The van der Waals surface area contributed by atoms with Crippen LogP contribution in [0, 0.1) is 5.92 Å². The third-order valence-electron chi connectivity index (χ3n) is 4.42. The van der Waals surface area contributed by atoms with Crippen molar-refractivity contribution in [2.75, 3.05) is 23.7 Å². The zero-order chi connectivity index (χ0) is 16.4. The first-order valence-electron chi connectivity index (χ1n) is 8.16. The predicted octanol–water partition coefficient (Wildman–Crippen LogP) is 3.11. The van der Waals surface area contributed by atoms with E-state index in [4.69, 9.17) is 11.6 Å². The first-order chi connectivity index (χ1) is 11.0. The summed E-state index contributed by atoms with van der Waals surface area (Å²) in [5, 5.41) is 6.12. The van der Waals surface area contributed by atoms with Crippen LogP contribution in [0.15, 0.2) is 18.2 Å². The van der Waals surface area contributed by atoms with Crippen LogP contribution in [-0.2, 0) is 9.59 Å². The first kappa shape index (κ1) is 16.3. The van der Waals surface area contributed by atoms with Crippen LogP contribution in [0.3, 0.4) is 0 Å². The van der Waals surface area contributed by atoms with Gasteiger partial charge in [0.05, 0.1) is 16.8 Å². The summed E-state index contributed by atoms with van der Waals surface area (Å²) in [6.45, 7) is 3.44. The lowest BCUT2D eigenvalue weighted by Crippen LogP contribution is -2.44. The van der Waals surface area contributed by atoms with Gasteiger partial charge in [-0.3, -0.25) is 14.5 Å². The van der Waals surface area contributed by atoms with Gasteiger partial charge in [-0.2, -0.15) is 0 Å². The zero-order valence-electron chi connectivity index (χ0n) is 13.3. The number of benzene rings is 1. The van der Waals surface area contributed by atoms with Crippen LogP contribution >= 0.6 is 11.6 Å². The fraction of sp³-hybridized carbons (Fsp3) is 0.529. The van der Waals surface area contributed by atoms with Gasteiger partial charge in [0.2, 0.25) is 11.8 Å². The number of anilines is 2. The summed E-state index contributed by atoms with van der Waals surface area (Å²) >= 11 is 6.07. The second kappa shape index (κ2) is 6.89. The molecule has 1 aliphatic carbocycles. The quantitative estimate of drug-likeness (QED) is 0.869. The molecule has 1 saturated heterocycles. The van der Waals surface area contributed by atoms with Gasteiger partial charge in [0.1, 0.15) is 0 Å². The average molecular weight is 336 g/mol. The van der Waals surface area contributed by atoms with Gasteiger partial charge in [0.15, 0.2) is 0 Å². The van der Waals surface area contributed by atoms with Gasteiger partial charge in [-0.05, 0) is 62.9 Å².